The Morgan fingerprint density at radius 1 is 1.47 bits per heavy atom. The van der Waals surface area contributed by atoms with Gasteiger partial charge in [0.15, 0.2) is 5.78 Å². The average molecular weight is 248 g/mol. The number of halogens is 1. The molecular weight excluding hydrogens is 238 g/mol. The monoisotopic (exact) mass is 247 g/mol. The summed E-state index contributed by atoms with van der Waals surface area (Å²) in [4.78, 5) is 15.2. The number of ketones is 1. The smallest absolute Gasteiger partial charge is 0.165 e. The molecule has 0 aliphatic rings. The summed E-state index contributed by atoms with van der Waals surface area (Å²) in [5.41, 5.74) is 0.378. The van der Waals surface area contributed by atoms with Crippen LogP contribution in [0, 0.1) is 0 Å². The van der Waals surface area contributed by atoms with E-state index in [-0.39, 0.29) is 18.0 Å². The van der Waals surface area contributed by atoms with Gasteiger partial charge in [0, 0.05) is 24.4 Å². The summed E-state index contributed by atoms with van der Waals surface area (Å²) in [6.07, 6.45) is 2.41. The van der Waals surface area contributed by atoms with E-state index in [1.54, 1.807) is 0 Å². The van der Waals surface area contributed by atoms with E-state index in [1.165, 1.54) is 18.3 Å². The van der Waals surface area contributed by atoms with Crippen molar-refractivity contribution in [1.82, 2.24) is 4.98 Å². The van der Waals surface area contributed by atoms with Crippen molar-refractivity contribution in [3.8, 4) is 0 Å². The quantitative estimate of drug-likeness (QED) is 0.595. The van der Waals surface area contributed by atoms with Gasteiger partial charge in [-0.3, -0.25) is 4.79 Å². The molecule has 1 rings (SSSR count). The van der Waals surface area contributed by atoms with Crippen LogP contribution in [0.2, 0.25) is 5.15 Å². The van der Waals surface area contributed by atoms with Crippen molar-refractivity contribution >= 4 is 27.2 Å². The largest absolute Gasteiger partial charge is 0.294 e. The van der Waals surface area contributed by atoms with Crippen molar-refractivity contribution in [2.45, 2.75) is 6.42 Å². The van der Waals surface area contributed by atoms with Gasteiger partial charge in [0.25, 0.3) is 0 Å². The van der Waals surface area contributed by atoms with Crippen LogP contribution in [0.5, 0.6) is 0 Å². The van der Waals surface area contributed by atoms with Gasteiger partial charge >= 0.3 is 0 Å². The van der Waals surface area contributed by atoms with Crippen molar-refractivity contribution in [2.75, 3.05) is 12.0 Å². The lowest BCUT2D eigenvalue weighted by Gasteiger charge is -1.99. The lowest BCUT2D eigenvalue weighted by atomic mass is 10.1. The van der Waals surface area contributed by atoms with Gasteiger partial charge in [-0.1, -0.05) is 11.6 Å². The van der Waals surface area contributed by atoms with Crippen molar-refractivity contribution in [3.05, 3.63) is 29.0 Å². The van der Waals surface area contributed by atoms with Crippen LogP contribution in [0.3, 0.4) is 0 Å². The van der Waals surface area contributed by atoms with E-state index in [0.29, 0.717) is 10.7 Å². The van der Waals surface area contributed by atoms with Crippen molar-refractivity contribution in [3.63, 3.8) is 0 Å². The van der Waals surface area contributed by atoms with E-state index in [9.17, 15) is 13.2 Å². The summed E-state index contributed by atoms with van der Waals surface area (Å²) < 4.78 is 21.7. The van der Waals surface area contributed by atoms with Crippen LogP contribution in [0.15, 0.2) is 18.3 Å². The number of rotatable bonds is 4. The number of sulfone groups is 1. The maximum absolute atomic E-state index is 11.5. The number of nitrogens with zero attached hydrogens (tertiary/aromatic N) is 1. The van der Waals surface area contributed by atoms with Crippen LogP contribution in [0.4, 0.5) is 0 Å². The maximum Gasteiger partial charge on any atom is 0.165 e. The summed E-state index contributed by atoms with van der Waals surface area (Å²) in [5.74, 6) is -0.390. The minimum absolute atomic E-state index is 0.0256. The van der Waals surface area contributed by atoms with Crippen molar-refractivity contribution < 1.29 is 13.2 Å². The number of Topliss-reactive ketones (excluding diaryl/α,β-unsaturated/α-hetero) is 1. The number of pyridine rings is 1. The third-order valence-electron chi connectivity index (χ3n) is 1.75. The molecule has 0 N–H and O–H groups in total. The molecular formula is C9H10ClNO3S. The lowest BCUT2D eigenvalue weighted by molar-refractivity contribution is 0.0988. The Hall–Kier alpha value is -0.940. The highest BCUT2D eigenvalue weighted by molar-refractivity contribution is 7.90. The van der Waals surface area contributed by atoms with Gasteiger partial charge < -0.3 is 0 Å². The Kier molecular flexibility index (Phi) is 3.82. The van der Waals surface area contributed by atoms with Gasteiger partial charge in [-0.2, -0.15) is 0 Å². The Labute approximate surface area is 93.2 Å². The van der Waals surface area contributed by atoms with Crippen LogP contribution in [0.25, 0.3) is 0 Å². The second-order valence-corrected chi connectivity index (χ2v) is 5.82. The highest BCUT2D eigenvalue weighted by atomic mass is 35.5. The number of carbonyl (C=O) groups is 1. The van der Waals surface area contributed by atoms with Gasteiger partial charge in [-0.05, 0) is 12.1 Å². The summed E-state index contributed by atoms with van der Waals surface area (Å²) in [5, 5.41) is 0.301. The molecule has 0 saturated carbocycles. The van der Waals surface area contributed by atoms with Crippen LogP contribution < -0.4 is 0 Å². The zero-order chi connectivity index (χ0) is 11.5. The van der Waals surface area contributed by atoms with E-state index in [1.807, 2.05) is 0 Å². The third kappa shape index (κ3) is 4.40. The molecule has 1 aromatic heterocycles. The fraction of sp³-hybridized carbons (Fsp3) is 0.333. The number of carbonyl (C=O) groups excluding carboxylic acids is 1. The molecule has 1 heterocycles. The van der Waals surface area contributed by atoms with Gasteiger partial charge in [0.1, 0.15) is 15.0 Å². The highest BCUT2D eigenvalue weighted by Gasteiger charge is 2.10. The molecule has 0 aliphatic heterocycles. The van der Waals surface area contributed by atoms with E-state index < -0.39 is 9.84 Å². The SMILES string of the molecule is CS(=O)(=O)CCC(=O)c1ccc(Cl)nc1. The molecule has 6 heteroatoms. The van der Waals surface area contributed by atoms with Crippen LogP contribution in [0.1, 0.15) is 16.8 Å². The van der Waals surface area contributed by atoms with E-state index >= 15 is 0 Å². The summed E-state index contributed by atoms with van der Waals surface area (Å²) >= 11 is 5.55. The summed E-state index contributed by atoms with van der Waals surface area (Å²) in [6.45, 7) is 0. The van der Waals surface area contributed by atoms with Crippen molar-refractivity contribution in [2.24, 2.45) is 0 Å². The summed E-state index contributed by atoms with van der Waals surface area (Å²) in [6, 6.07) is 3.02. The normalized spacial score (nSPS) is 11.3. The first kappa shape index (κ1) is 12.1. The molecule has 82 valence electrons. The van der Waals surface area contributed by atoms with Crippen LogP contribution in [-0.2, 0) is 9.84 Å². The summed E-state index contributed by atoms with van der Waals surface area (Å²) in [7, 11) is -3.10. The molecule has 0 fully saturated rings. The fourth-order valence-corrected chi connectivity index (χ4v) is 1.63. The van der Waals surface area contributed by atoms with Gasteiger partial charge in [0.2, 0.25) is 0 Å². The Balaban J connectivity index is 2.66. The molecule has 0 aliphatic carbocycles. The highest BCUT2D eigenvalue weighted by Crippen LogP contribution is 2.07. The first-order valence-corrected chi connectivity index (χ1v) is 6.65. The predicted molar refractivity (Wildman–Crippen MR) is 57.9 cm³/mol. The number of hydrogen-bond acceptors (Lipinski definition) is 4. The molecule has 0 unspecified atom stereocenters. The average Bonchev–Trinajstić information content (AvgIpc) is 2.14. The topological polar surface area (TPSA) is 64.1 Å². The minimum atomic E-state index is -3.10. The van der Waals surface area contributed by atoms with E-state index in [4.69, 9.17) is 11.6 Å². The predicted octanol–water partition coefficient (Wildman–Crippen LogP) is 1.35. The second kappa shape index (κ2) is 4.72. The molecule has 4 nitrogen and oxygen atoms in total. The number of aromatic nitrogens is 1. The molecule has 0 aromatic carbocycles. The zero-order valence-electron chi connectivity index (χ0n) is 8.10. The van der Waals surface area contributed by atoms with Crippen LogP contribution in [-0.4, -0.2) is 31.2 Å². The maximum atomic E-state index is 11.5. The second-order valence-electron chi connectivity index (χ2n) is 3.17. The van der Waals surface area contributed by atoms with Gasteiger partial charge in [-0.25, -0.2) is 13.4 Å². The molecule has 1 aromatic rings. The molecule has 0 spiro atoms. The van der Waals surface area contributed by atoms with E-state index in [2.05, 4.69) is 4.98 Å². The standard InChI is InChI=1S/C9H10ClNO3S/c1-15(13,14)5-4-8(12)7-2-3-9(10)11-6-7/h2-3,6H,4-5H2,1H3. The van der Waals surface area contributed by atoms with Crippen LogP contribution >= 0.6 is 11.6 Å². The first-order chi connectivity index (χ1) is 6.88. The molecule has 15 heavy (non-hydrogen) atoms. The molecule has 0 radical (unpaired) electrons. The zero-order valence-corrected chi connectivity index (χ0v) is 9.68. The van der Waals surface area contributed by atoms with Crippen molar-refractivity contribution in [1.29, 1.82) is 0 Å². The fourth-order valence-electron chi connectivity index (χ4n) is 0.963. The Morgan fingerprint density at radius 2 is 2.13 bits per heavy atom. The first-order valence-electron chi connectivity index (χ1n) is 4.21. The number of hydrogen-bond donors (Lipinski definition) is 0. The minimum Gasteiger partial charge on any atom is -0.294 e. The molecule has 0 atom stereocenters. The van der Waals surface area contributed by atoms with Gasteiger partial charge in [-0.15, -0.1) is 0 Å². The molecule has 0 saturated heterocycles. The third-order valence-corrected chi connectivity index (χ3v) is 2.92. The Bertz CT molecular complexity index is 453. The van der Waals surface area contributed by atoms with E-state index in [0.717, 1.165) is 6.26 Å². The molecule has 0 bridgehead atoms. The van der Waals surface area contributed by atoms with Gasteiger partial charge in [0.05, 0.1) is 5.75 Å². The lowest BCUT2D eigenvalue weighted by Crippen LogP contribution is -2.09. The molecule has 0 amide bonds. The Morgan fingerprint density at radius 3 is 2.60 bits per heavy atom.